The van der Waals surface area contributed by atoms with E-state index in [0.29, 0.717) is 36.6 Å². The first-order chi connectivity index (χ1) is 14.1. The second-order valence-corrected chi connectivity index (χ2v) is 12.0. The lowest BCUT2D eigenvalue weighted by molar-refractivity contribution is 0.155. The van der Waals surface area contributed by atoms with Crippen LogP contribution in [-0.4, -0.2) is 77.4 Å². The van der Waals surface area contributed by atoms with E-state index in [1.54, 1.807) is 35.1 Å². The predicted octanol–water partition coefficient (Wildman–Crippen LogP) is 1.75. The summed E-state index contributed by atoms with van der Waals surface area (Å²) in [6, 6.07) is 3.13. The lowest BCUT2D eigenvalue weighted by atomic mass is 10.2. The van der Waals surface area contributed by atoms with Crippen LogP contribution >= 0.6 is 12.2 Å². The number of aromatic nitrogens is 3. The summed E-state index contributed by atoms with van der Waals surface area (Å²) in [5.74, 6) is 0.362. The van der Waals surface area contributed by atoms with Gasteiger partial charge in [0.15, 0.2) is 15.5 Å². The van der Waals surface area contributed by atoms with Crippen molar-refractivity contribution in [2.45, 2.75) is 51.2 Å². The molecule has 0 aromatic carbocycles. The zero-order valence-electron chi connectivity index (χ0n) is 17.6. The van der Waals surface area contributed by atoms with Gasteiger partial charge < -0.3 is 0 Å². The number of pyridine rings is 1. The minimum atomic E-state index is -3.61. The van der Waals surface area contributed by atoms with Gasteiger partial charge in [-0.3, -0.25) is 9.30 Å². The van der Waals surface area contributed by atoms with Gasteiger partial charge in [-0.05, 0) is 43.7 Å². The first-order valence-electron chi connectivity index (χ1n) is 10.2. The maximum absolute atomic E-state index is 12.8. The quantitative estimate of drug-likeness (QED) is 0.510. The van der Waals surface area contributed by atoms with Crippen LogP contribution in [0, 0.1) is 4.77 Å². The van der Waals surface area contributed by atoms with Crippen molar-refractivity contribution in [3.05, 3.63) is 23.1 Å². The molecule has 2 aromatic rings. The van der Waals surface area contributed by atoms with Crippen LogP contribution in [0.3, 0.4) is 0 Å². The molecule has 1 atom stereocenters. The van der Waals surface area contributed by atoms with Crippen molar-refractivity contribution < 1.29 is 16.8 Å². The third kappa shape index (κ3) is 4.62. The molecule has 168 valence electrons. The van der Waals surface area contributed by atoms with Gasteiger partial charge in [-0.1, -0.05) is 20.8 Å². The highest BCUT2D eigenvalue weighted by Gasteiger charge is 2.32. The number of nitrogens with zero attached hydrogens (tertiary/aromatic N) is 5. The van der Waals surface area contributed by atoms with E-state index in [1.165, 1.54) is 10.5 Å². The molecule has 9 nitrogen and oxygen atoms in total. The summed E-state index contributed by atoms with van der Waals surface area (Å²) in [4.78, 5) is 2.27. The molecule has 1 saturated heterocycles. The van der Waals surface area contributed by atoms with E-state index in [2.05, 4.69) is 10.00 Å². The van der Waals surface area contributed by atoms with E-state index in [9.17, 15) is 16.8 Å². The molecular weight excluding hydrogens is 446 g/mol. The third-order valence-electron chi connectivity index (χ3n) is 5.44. The standard InChI is InChI=1S/C18H29N5O4S3/c1-4-10-20(15-9-11-29(24,25)13-15)14-23-18(28)22-12-16(7-8-17(22)19-23)30(26,27)21(5-2)6-3/h7-8,12,15H,4-6,9-11,13-14H2,1-3H3. The molecule has 0 spiro atoms. The Labute approximate surface area is 183 Å². The van der Waals surface area contributed by atoms with Gasteiger partial charge in [-0.15, -0.1) is 0 Å². The maximum atomic E-state index is 12.8. The van der Waals surface area contributed by atoms with Crippen molar-refractivity contribution in [2.75, 3.05) is 31.1 Å². The van der Waals surface area contributed by atoms with Gasteiger partial charge in [-0.25, -0.2) is 21.5 Å². The number of sulfonamides is 1. The summed E-state index contributed by atoms with van der Waals surface area (Å²) in [7, 11) is -6.60. The van der Waals surface area contributed by atoms with Crippen LogP contribution < -0.4 is 0 Å². The van der Waals surface area contributed by atoms with Gasteiger partial charge >= 0.3 is 0 Å². The fourth-order valence-corrected chi connectivity index (χ4v) is 7.31. The summed E-state index contributed by atoms with van der Waals surface area (Å²) in [5, 5.41) is 4.53. The summed E-state index contributed by atoms with van der Waals surface area (Å²) >= 11 is 5.56. The van der Waals surface area contributed by atoms with Crippen LogP contribution in [0.25, 0.3) is 5.65 Å². The Balaban J connectivity index is 1.94. The number of hydrogen-bond acceptors (Lipinski definition) is 7. The Kier molecular flexibility index (Phi) is 7.02. The second kappa shape index (κ2) is 9.03. The third-order valence-corrected chi connectivity index (χ3v) is 9.64. The molecule has 0 amide bonds. The Morgan fingerprint density at radius 3 is 2.50 bits per heavy atom. The van der Waals surface area contributed by atoms with Gasteiger partial charge in [0.1, 0.15) is 0 Å². The van der Waals surface area contributed by atoms with Crippen molar-refractivity contribution in [1.29, 1.82) is 0 Å². The molecule has 0 bridgehead atoms. The minimum Gasteiger partial charge on any atom is -0.280 e. The maximum Gasteiger partial charge on any atom is 0.244 e. The first-order valence-corrected chi connectivity index (χ1v) is 13.8. The van der Waals surface area contributed by atoms with Crippen molar-refractivity contribution >= 4 is 37.7 Å². The summed E-state index contributed by atoms with van der Waals surface area (Å²) < 4.78 is 54.5. The molecule has 0 N–H and O–H groups in total. The van der Waals surface area contributed by atoms with E-state index >= 15 is 0 Å². The Bertz CT molecular complexity index is 1170. The van der Waals surface area contributed by atoms with Crippen molar-refractivity contribution in [3.63, 3.8) is 0 Å². The highest BCUT2D eigenvalue weighted by molar-refractivity contribution is 7.91. The van der Waals surface area contributed by atoms with Crippen molar-refractivity contribution in [2.24, 2.45) is 0 Å². The Morgan fingerprint density at radius 2 is 1.93 bits per heavy atom. The average Bonchev–Trinajstić information content (AvgIpc) is 3.21. The van der Waals surface area contributed by atoms with Crippen molar-refractivity contribution in [3.8, 4) is 0 Å². The molecule has 3 rings (SSSR count). The van der Waals surface area contributed by atoms with Crippen LogP contribution in [0.5, 0.6) is 0 Å². The molecule has 12 heteroatoms. The smallest absolute Gasteiger partial charge is 0.244 e. The minimum absolute atomic E-state index is 0.0553. The number of fused-ring (bicyclic) bond motifs is 1. The fraction of sp³-hybridized carbons (Fsp3) is 0.667. The number of sulfone groups is 1. The summed E-state index contributed by atoms with van der Waals surface area (Å²) in [6.45, 7) is 7.52. The number of rotatable bonds is 9. The zero-order valence-corrected chi connectivity index (χ0v) is 20.0. The Morgan fingerprint density at radius 1 is 1.23 bits per heavy atom. The molecular formula is C18H29N5O4S3. The molecule has 0 radical (unpaired) electrons. The lowest BCUT2D eigenvalue weighted by Gasteiger charge is -2.27. The average molecular weight is 476 g/mol. The van der Waals surface area contributed by atoms with Crippen LogP contribution in [-0.2, 0) is 26.5 Å². The largest absolute Gasteiger partial charge is 0.280 e. The summed E-state index contributed by atoms with van der Waals surface area (Å²) in [5.41, 5.74) is 0.550. The van der Waals surface area contributed by atoms with Gasteiger partial charge in [0.05, 0.1) is 23.1 Å². The van der Waals surface area contributed by atoms with E-state index < -0.39 is 19.9 Å². The normalized spacial score (nSPS) is 19.3. The van der Waals surface area contributed by atoms with E-state index in [0.717, 1.165) is 13.0 Å². The summed E-state index contributed by atoms with van der Waals surface area (Å²) in [6.07, 6.45) is 3.00. The number of hydrogen-bond donors (Lipinski definition) is 0. The highest BCUT2D eigenvalue weighted by Crippen LogP contribution is 2.20. The van der Waals surface area contributed by atoms with Crippen LogP contribution in [0.15, 0.2) is 23.2 Å². The van der Waals surface area contributed by atoms with E-state index in [1.807, 2.05) is 6.92 Å². The zero-order chi connectivity index (χ0) is 22.1. The van der Waals surface area contributed by atoms with Gasteiger partial charge in [-0.2, -0.15) is 9.40 Å². The predicted molar refractivity (Wildman–Crippen MR) is 118 cm³/mol. The van der Waals surface area contributed by atoms with Crippen molar-refractivity contribution in [1.82, 2.24) is 23.4 Å². The van der Waals surface area contributed by atoms with E-state index in [-0.39, 0.29) is 22.4 Å². The monoisotopic (exact) mass is 475 g/mol. The fourth-order valence-electron chi connectivity index (χ4n) is 3.85. The molecule has 1 aliphatic rings. The molecule has 30 heavy (non-hydrogen) atoms. The SMILES string of the molecule is CCCN(Cn1nc2ccc(S(=O)(=O)N(CC)CC)cn2c1=S)C1CCS(=O)(=O)C1. The highest BCUT2D eigenvalue weighted by atomic mass is 32.2. The topological polar surface area (TPSA) is 97.0 Å². The van der Waals surface area contributed by atoms with Crippen LogP contribution in [0.4, 0.5) is 0 Å². The molecule has 3 heterocycles. The first kappa shape index (κ1) is 23.3. The molecule has 0 aliphatic carbocycles. The second-order valence-electron chi connectivity index (χ2n) is 7.48. The molecule has 1 aliphatic heterocycles. The molecule has 1 unspecified atom stereocenters. The molecule has 2 aromatic heterocycles. The van der Waals surface area contributed by atoms with Gasteiger partial charge in [0.25, 0.3) is 0 Å². The molecule has 0 saturated carbocycles. The van der Waals surface area contributed by atoms with Gasteiger partial charge in [0.2, 0.25) is 14.8 Å². The van der Waals surface area contributed by atoms with Crippen LogP contribution in [0.1, 0.15) is 33.6 Å². The van der Waals surface area contributed by atoms with E-state index in [4.69, 9.17) is 12.2 Å². The van der Waals surface area contributed by atoms with Crippen LogP contribution in [0.2, 0.25) is 0 Å². The Hall–Kier alpha value is -1.34. The molecule has 1 fully saturated rings. The van der Waals surface area contributed by atoms with Gasteiger partial charge in [0, 0.05) is 25.3 Å². The lowest BCUT2D eigenvalue weighted by Crippen LogP contribution is -2.38.